The lowest BCUT2D eigenvalue weighted by Crippen LogP contribution is -1.99. The van der Waals surface area contributed by atoms with Crippen molar-refractivity contribution < 1.29 is 13.7 Å². The van der Waals surface area contributed by atoms with Crippen molar-refractivity contribution in [2.24, 2.45) is 0 Å². The van der Waals surface area contributed by atoms with Gasteiger partial charge in [-0.25, -0.2) is 0 Å². The van der Waals surface area contributed by atoms with E-state index < -0.39 is 0 Å². The van der Waals surface area contributed by atoms with Crippen LogP contribution in [0.1, 0.15) is 23.9 Å². The normalized spacial score (nSPS) is 18.0. The van der Waals surface area contributed by atoms with E-state index >= 15 is 0 Å². The van der Waals surface area contributed by atoms with Gasteiger partial charge in [-0.3, -0.25) is 0 Å². The molecule has 0 aliphatic carbocycles. The summed E-state index contributed by atoms with van der Waals surface area (Å²) in [5.74, 6) is 3.02. The molecular formula is C17H16N2O3. The molecule has 1 atom stereocenters. The smallest absolute Gasteiger partial charge is 0.261 e. The van der Waals surface area contributed by atoms with Gasteiger partial charge in [0.25, 0.3) is 5.89 Å². The van der Waals surface area contributed by atoms with Crippen LogP contribution in [-0.2, 0) is 4.74 Å². The number of ether oxygens (including phenoxy) is 1. The Balaban J connectivity index is 1.74. The van der Waals surface area contributed by atoms with Gasteiger partial charge in [-0.2, -0.15) is 4.98 Å². The number of aryl methyl sites for hydroxylation is 1. The van der Waals surface area contributed by atoms with Gasteiger partial charge in [-0.1, -0.05) is 35.5 Å². The predicted octanol–water partition coefficient (Wildman–Crippen LogP) is 3.81. The van der Waals surface area contributed by atoms with Crippen LogP contribution < -0.4 is 0 Å². The number of benzene rings is 1. The van der Waals surface area contributed by atoms with Crippen molar-refractivity contribution >= 4 is 0 Å². The second-order valence-electron chi connectivity index (χ2n) is 5.48. The number of hydrogen-bond donors (Lipinski definition) is 0. The quantitative estimate of drug-likeness (QED) is 0.735. The summed E-state index contributed by atoms with van der Waals surface area (Å²) < 4.78 is 16.7. The highest BCUT2D eigenvalue weighted by Crippen LogP contribution is 2.35. The molecule has 0 N–H and O–H groups in total. The fourth-order valence-corrected chi connectivity index (χ4v) is 2.73. The van der Waals surface area contributed by atoms with Crippen molar-refractivity contribution in [3.05, 3.63) is 48.0 Å². The number of aromatic nitrogens is 2. The van der Waals surface area contributed by atoms with E-state index in [1.807, 2.05) is 43.3 Å². The minimum absolute atomic E-state index is 0.227. The summed E-state index contributed by atoms with van der Waals surface area (Å²) >= 11 is 0. The Morgan fingerprint density at radius 2 is 2.05 bits per heavy atom. The third kappa shape index (κ3) is 2.33. The van der Waals surface area contributed by atoms with E-state index in [4.69, 9.17) is 13.7 Å². The molecule has 3 aromatic rings. The highest BCUT2D eigenvalue weighted by atomic mass is 16.5. The second-order valence-corrected chi connectivity index (χ2v) is 5.48. The molecule has 5 nitrogen and oxygen atoms in total. The number of nitrogens with zero attached hydrogens (tertiary/aromatic N) is 2. The molecule has 3 heterocycles. The molecule has 0 spiro atoms. The van der Waals surface area contributed by atoms with Crippen LogP contribution >= 0.6 is 0 Å². The summed E-state index contributed by atoms with van der Waals surface area (Å²) in [5.41, 5.74) is 1.83. The summed E-state index contributed by atoms with van der Waals surface area (Å²) in [6.07, 6.45) is 0.939. The first-order valence-electron chi connectivity index (χ1n) is 7.39. The minimum Gasteiger partial charge on any atom is -0.461 e. The summed E-state index contributed by atoms with van der Waals surface area (Å²) in [6, 6.07) is 11.9. The Kier molecular flexibility index (Phi) is 3.27. The summed E-state index contributed by atoms with van der Waals surface area (Å²) in [6.45, 7) is 3.33. The Labute approximate surface area is 127 Å². The van der Waals surface area contributed by atoms with Crippen molar-refractivity contribution in [3.63, 3.8) is 0 Å². The fraction of sp³-hybridized carbons (Fsp3) is 0.294. The molecule has 1 saturated heterocycles. The summed E-state index contributed by atoms with van der Waals surface area (Å²) in [7, 11) is 0. The molecule has 5 heteroatoms. The van der Waals surface area contributed by atoms with Crippen LogP contribution in [0.5, 0.6) is 0 Å². The monoisotopic (exact) mass is 296 g/mol. The Bertz CT molecular complexity index is 770. The Morgan fingerprint density at radius 1 is 1.18 bits per heavy atom. The molecule has 112 valence electrons. The van der Waals surface area contributed by atoms with Crippen LogP contribution in [0.3, 0.4) is 0 Å². The van der Waals surface area contributed by atoms with E-state index in [0.717, 1.165) is 35.7 Å². The fourth-order valence-electron chi connectivity index (χ4n) is 2.73. The maximum absolute atomic E-state index is 5.84. The van der Waals surface area contributed by atoms with Gasteiger partial charge in [-0.05, 0) is 19.4 Å². The van der Waals surface area contributed by atoms with Crippen LogP contribution in [0.25, 0.3) is 22.8 Å². The van der Waals surface area contributed by atoms with E-state index in [2.05, 4.69) is 10.1 Å². The number of hydrogen-bond acceptors (Lipinski definition) is 5. The van der Waals surface area contributed by atoms with Gasteiger partial charge in [0, 0.05) is 18.1 Å². The lowest BCUT2D eigenvalue weighted by molar-refractivity contribution is 0.192. The first-order chi connectivity index (χ1) is 10.8. The Hall–Kier alpha value is -2.40. The van der Waals surface area contributed by atoms with Crippen molar-refractivity contribution in [1.29, 1.82) is 0 Å². The molecule has 1 fully saturated rings. The predicted molar refractivity (Wildman–Crippen MR) is 80.4 cm³/mol. The van der Waals surface area contributed by atoms with Gasteiger partial charge in [0.05, 0.1) is 12.2 Å². The molecule has 1 aromatic carbocycles. The first kappa shape index (κ1) is 13.3. The number of rotatable bonds is 3. The van der Waals surface area contributed by atoms with Gasteiger partial charge in [0.1, 0.15) is 11.5 Å². The van der Waals surface area contributed by atoms with Crippen molar-refractivity contribution in [2.45, 2.75) is 19.3 Å². The topological polar surface area (TPSA) is 61.3 Å². The third-order valence-electron chi connectivity index (χ3n) is 3.86. The third-order valence-corrected chi connectivity index (χ3v) is 3.86. The molecule has 0 saturated carbocycles. The maximum atomic E-state index is 5.84. The molecule has 1 aliphatic heterocycles. The van der Waals surface area contributed by atoms with E-state index in [9.17, 15) is 0 Å². The van der Waals surface area contributed by atoms with E-state index in [1.165, 1.54) is 0 Å². The summed E-state index contributed by atoms with van der Waals surface area (Å²) in [4.78, 5) is 4.54. The van der Waals surface area contributed by atoms with Crippen LogP contribution in [0.15, 0.2) is 45.3 Å². The van der Waals surface area contributed by atoms with Crippen molar-refractivity contribution in [3.8, 4) is 22.8 Å². The average molecular weight is 296 g/mol. The van der Waals surface area contributed by atoms with Gasteiger partial charge in [-0.15, -0.1) is 0 Å². The molecule has 22 heavy (non-hydrogen) atoms. The molecule has 0 amide bonds. The first-order valence-corrected chi connectivity index (χ1v) is 7.39. The largest absolute Gasteiger partial charge is 0.461 e. The second kappa shape index (κ2) is 5.42. The molecule has 1 aliphatic rings. The van der Waals surface area contributed by atoms with E-state index in [0.29, 0.717) is 18.3 Å². The lowest BCUT2D eigenvalue weighted by atomic mass is 10.1. The molecule has 2 aromatic heterocycles. The van der Waals surface area contributed by atoms with Gasteiger partial charge >= 0.3 is 0 Å². The molecule has 4 rings (SSSR count). The van der Waals surface area contributed by atoms with Gasteiger partial charge < -0.3 is 13.7 Å². The van der Waals surface area contributed by atoms with Crippen molar-refractivity contribution in [2.75, 3.05) is 13.2 Å². The summed E-state index contributed by atoms with van der Waals surface area (Å²) in [5, 5.41) is 4.11. The number of furan rings is 1. The SMILES string of the molecule is Cc1cc(-c2nc([C@@H]3CCOC3)no2)c(-c2ccccc2)o1. The highest BCUT2D eigenvalue weighted by Gasteiger charge is 2.25. The van der Waals surface area contributed by atoms with Gasteiger partial charge in [0.15, 0.2) is 5.82 Å². The zero-order valence-electron chi connectivity index (χ0n) is 12.3. The molecule has 0 unspecified atom stereocenters. The maximum Gasteiger partial charge on any atom is 0.261 e. The molecule has 0 bridgehead atoms. The average Bonchev–Trinajstić information content (AvgIpc) is 3.27. The molecular weight excluding hydrogens is 280 g/mol. The van der Waals surface area contributed by atoms with Crippen LogP contribution in [0, 0.1) is 6.92 Å². The van der Waals surface area contributed by atoms with Crippen molar-refractivity contribution in [1.82, 2.24) is 10.1 Å². The van der Waals surface area contributed by atoms with Crippen LogP contribution in [0.4, 0.5) is 0 Å². The van der Waals surface area contributed by atoms with Crippen LogP contribution in [0.2, 0.25) is 0 Å². The Morgan fingerprint density at radius 3 is 2.82 bits per heavy atom. The van der Waals surface area contributed by atoms with Gasteiger partial charge in [0.2, 0.25) is 0 Å². The highest BCUT2D eigenvalue weighted by molar-refractivity contribution is 5.76. The minimum atomic E-state index is 0.227. The standard InChI is InChI=1S/C17H16N2O3/c1-11-9-14(15(21-11)12-5-3-2-4-6-12)17-18-16(19-22-17)13-7-8-20-10-13/h2-6,9,13H,7-8,10H2,1H3/t13-/m1/s1. The van der Waals surface area contributed by atoms with E-state index in [1.54, 1.807) is 0 Å². The zero-order chi connectivity index (χ0) is 14.9. The zero-order valence-corrected chi connectivity index (χ0v) is 12.3. The van der Waals surface area contributed by atoms with Crippen LogP contribution in [-0.4, -0.2) is 23.4 Å². The van der Waals surface area contributed by atoms with E-state index in [-0.39, 0.29) is 5.92 Å². The lowest BCUT2D eigenvalue weighted by Gasteiger charge is -1.99. The molecule has 0 radical (unpaired) electrons.